The fourth-order valence-electron chi connectivity index (χ4n) is 7.07. The Morgan fingerprint density at radius 3 is 2.31 bits per heavy atom. The summed E-state index contributed by atoms with van der Waals surface area (Å²) in [7, 11) is 1.81. The molecule has 0 atom stereocenters. The molecule has 1 saturated heterocycles. The van der Waals surface area contributed by atoms with Crippen molar-refractivity contribution in [3.05, 3.63) is 65.0 Å². The van der Waals surface area contributed by atoms with Crippen molar-refractivity contribution in [2.45, 2.75) is 64.7 Å². The number of aryl methyl sites for hydroxylation is 2. The van der Waals surface area contributed by atoms with Crippen molar-refractivity contribution in [1.82, 2.24) is 38.7 Å². The van der Waals surface area contributed by atoms with E-state index in [1.165, 1.54) is 0 Å². The van der Waals surface area contributed by atoms with E-state index in [-0.39, 0.29) is 17.4 Å². The van der Waals surface area contributed by atoms with Gasteiger partial charge in [-0.15, -0.1) is 11.8 Å². The molecule has 0 bridgehead atoms. The van der Waals surface area contributed by atoms with E-state index in [0.717, 1.165) is 67.1 Å². The molecule has 4 heterocycles. The average molecular weight is 770 g/mol. The van der Waals surface area contributed by atoms with Crippen molar-refractivity contribution >= 4 is 63.8 Å². The second-order valence-electron chi connectivity index (χ2n) is 13.8. The Morgan fingerprint density at radius 1 is 0.982 bits per heavy atom. The molecule has 1 aliphatic heterocycles. The first-order chi connectivity index (χ1) is 26.5. The normalized spacial score (nSPS) is 14.1. The molecule has 0 saturated carbocycles. The minimum atomic E-state index is -0.602. The number of aldehydes is 1. The van der Waals surface area contributed by atoms with Crippen LogP contribution in [0, 0.1) is 6.92 Å². The van der Waals surface area contributed by atoms with Crippen LogP contribution in [-0.2, 0) is 19.6 Å². The van der Waals surface area contributed by atoms with Crippen LogP contribution < -0.4 is 21.1 Å². The SMILES string of the molecule is CCn1nc(C)cc1C(=O)Nc1nc2cc(C(N)=O)cc(OCCCN3CCN(C(C)C)CC3)c2n1C/C=C/Cn1c(NC)nc2cc(C=O)cc(SC)c21. The number of carbonyl (C=O) groups excluding carboxylic acids is 3. The molecule has 4 N–H and O–H groups in total. The predicted molar refractivity (Wildman–Crippen MR) is 218 cm³/mol. The van der Waals surface area contributed by atoms with Crippen molar-refractivity contribution in [2.75, 3.05) is 63.3 Å². The number of nitrogens with two attached hydrogens (primary N) is 1. The van der Waals surface area contributed by atoms with E-state index < -0.39 is 5.91 Å². The zero-order valence-corrected chi connectivity index (χ0v) is 33.3. The van der Waals surface area contributed by atoms with Gasteiger partial charge >= 0.3 is 0 Å². The third-order valence-corrected chi connectivity index (χ3v) is 10.7. The van der Waals surface area contributed by atoms with Gasteiger partial charge < -0.3 is 29.8 Å². The van der Waals surface area contributed by atoms with Gasteiger partial charge in [-0.1, -0.05) is 12.2 Å². The molecule has 2 aromatic carbocycles. The summed E-state index contributed by atoms with van der Waals surface area (Å²) in [5.41, 5.74) is 10.5. The third kappa shape index (κ3) is 8.71. The summed E-state index contributed by atoms with van der Waals surface area (Å²) in [5.74, 6) is 0.449. The maximum atomic E-state index is 13.7. The third-order valence-electron chi connectivity index (χ3n) is 9.92. The molecule has 1 aliphatic rings. The van der Waals surface area contributed by atoms with Gasteiger partial charge in [-0.2, -0.15) is 5.10 Å². The molecule has 6 rings (SSSR count). The molecule has 55 heavy (non-hydrogen) atoms. The van der Waals surface area contributed by atoms with E-state index in [0.29, 0.717) is 66.3 Å². The summed E-state index contributed by atoms with van der Waals surface area (Å²) < 4.78 is 12.0. The lowest BCUT2D eigenvalue weighted by molar-refractivity contribution is 0.0995. The quantitative estimate of drug-likeness (QED) is 0.0510. The fraction of sp³-hybridized carbons (Fsp3) is 0.436. The Labute approximate surface area is 325 Å². The molecule has 2 amide bonds. The Hall–Kier alpha value is -5.19. The van der Waals surface area contributed by atoms with E-state index >= 15 is 0 Å². The number of nitrogens with zero attached hydrogens (tertiary/aromatic N) is 8. The molecule has 0 aliphatic carbocycles. The first kappa shape index (κ1) is 39.5. The number of hydrogen-bond donors (Lipinski definition) is 3. The number of thioether (sulfide) groups is 1. The highest BCUT2D eigenvalue weighted by Crippen LogP contribution is 2.33. The van der Waals surface area contributed by atoms with Crippen LogP contribution >= 0.6 is 11.8 Å². The summed E-state index contributed by atoms with van der Waals surface area (Å²) >= 11 is 1.55. The number of nitrogens with one attached hydrogen (secondary N) is 2. The number of anilines is 2. The first-order valence-corrected chi connectivity index (χ1v) is 19.9. The first-order valence-electron chi connectivity index (χ1n) is 18.7. The van der Waals surface area contributed by atoms with Crippen LogP contribution in [-0.4, -0.2) is 115 Å². The number of primary amides is 1. The molecule has 15 nitrogen and oxygen atoms in total. The number of rotatable bonds is 17. The van der Waals surface area contributed by atoms with Crippen LogP contribution in [0.3, 0.4) is 0 Å². The lowest BCUT2D eigenvalue weighted by Gasteiger charge is -2.36. The Bertz CT molecular complexity index is 2210. The lowest BCUT2D eigenvalue weighted by Crippen LogP contribution is -2.49. The minimum absolute atomic E-state index is 0.263. The number of hydrogen-bond acceptors (Lipinski definition) is 11. The number of amides is 2. The van der Waals surface area contributed by atoms with Gasteiger partial charge in [-0.05, 0) is 70.7 Å². The largest absolute Gasteiger partial charge is 0.491 e. The number of piperazine rings is 1. The maximum absolute atomic E-state index is 13.7. The number of aromatic nitrogens is 6. The predicted octanol–water partition coefficient (Wildman–Crippen LogP) is 4.89. The Balaban J connectivity index is 1.31. The zero-order chi connectivity index (χ0) is 39.2. The minimum Gasteiger partial charge on any atom is -0.491 e. The number of ether oxygens (including phenoxy) is 1. The van der Waals surface area contributed by atoms with Crippen LogP contribution in [0.25, 0.3) is 22.1 Å². The van der Waals surface area contributed by atoms with Gasteiger partial charge in [0.25, 0.3) is 5.91 Å². The molecule has 3 aromatic heterocycles. The molecule has 5 aromatic rings. The van der Waals surface area contributed by atoms with Gasteiger partial charge in [0.2, 0.25) is 17.8 Å². The summed E-state index contributed by atoms with van der Waals surface area (Å²) in [5, 5.41) is 10.6. The number of imidazole rings is 2. The summed E-state index contributed by atoms with van der Waals surface area (Å²) in [6, 6.07) is 9.22. The zero-order valence-electron chi connectivity index (χ0n) is 32.5. The number of benzene rings is 2. The van der Waals surface area contributed by atoms with Crippen LogP contribution in [0.5, 0.6) is 5.75 Å². The van der Waals surface area contributed by atoms with Gasteiger partial charge in [0.05, 0.1) is 28.9 Å². The standard InChI is InChI=1S/C39H51N11O4S/c1-7-50-31(19-26(4)45-50)37(53)44-39-43-30-22-28(36(40)52)23-32(54-18-10-11-46-14-16-47(17-15-46)25(2)3)34(30)48(39)12-8-9-13-49-35-29(42-38(49)41-5)20-27(24-51)21-33(35)55-6/h8-9,19-25H,7,10-18H2,1-6H3,(H2,40,52)(H,41,42)(H,43,44,53)/b9-8+. The van der Waals surface area contributed by atoms with E-state index in [1.807, 2.05) is 49.9 Å². The molecule has 0 radical (unpaired) electrons. The smallest absolute Gasteiger partial charge is 0.276 e. The van der Waals surface area contributed by atoms with Gasteiger partial charge in [0.1, 0.15) is 23.2 Å². The van der Waals surface area contributed by atoms with Gasteiger partial charge in [0.15, 0.2) is 0 Å². The molecule has 292 valence electrons. The topological polar surface area (TPSA) is 170 Å². The van der Waals surface area contributed by atoms with Gasteiger partial charge in [0, 0.05) is 81.5 Å². The van der Waals surface area contributed by atoms with Crippen molar-refractivity contribution in [2.24, 2.45) is 5.73 Å². The highest BCUT2D eigenvalue weighted by molar-refractivity contribution is 7.98. The second kappa shape index (κ2) is 17.5. The molecule has 0 spiro atoms. The average Bonchev–Trinajstić information content (AvgIpc) is 3.86. The summed E-state index contributed by atoms with van der Waals surface area (Å²) in [6.45, 7) is 15.0. The van der Waals surface area contributed by atoms with Gasteiger partial charge in [-0.25, -0.2) is 9.97 Å². The molecule has 1 fully saturated rings. The number of allylic oxidation sites excluding steroid dienone is 2. The molecule has 0 unspecified atom stereocenters. The van der Waals surface area contributed by atoms with E-state index in [2.05, 4.69) is 43.9 Å². The summed E-state index contributed by atoms with van der Waals surface area (Å²) in [6.07, 6.45) is 7.61. The lowest BCUT2D eigenvalue weighted by atomic mass is 10.1. The van der Waals surface area contributed by atoms with Crippen LogP contribution in [0.15, 0.2) is 47.4 Å². The summed E-state index contributed by atoms with van der Waals surface area (Å²) in [4.78, 5) is 53.2. The molecular weight excluding hydrogens is 719 g/mol. The number of carbonyl (C=O) groups is 3. The van der Waals surface area contributed by atoms with Crippen molar-refractivity contribution in [3.63, 3.8) is 0 Å². The van der Waals surface area contributed by atoms with Crippen molar-refractivity contribution in [3.8, 4) is 5.75 Å². The van der Waals surface area contributed by atoms with Gasteiger partial charge in [-0.3, -0.25) is 29.3 Å². The molecular formula is C39H51N11O4S. The highest BCUT2D eigenvalue weighted by Gasteiger charge is 2.23. The Kier molecular flexibility index (Phi) is 12.6. The van der Waals surface area contributed by atoms with Crippen molar-refractivity contribution < 1.29 is 19.1 Å². The van der Waals surface area contributed by atoms with Crippen LogP contribution in [0.1, 0.15) is 64.1 Å². The molecule has 16 heteroatoms. The monoisotopic (exact) mass is 769 g/mol. The maximum Gasteiger partial charge on any atom is 0.276 e. The van der Waals surface area contributed by atoms with Crippen LogP contribution in [0.2, 0.25) is 0 Å². The van der Waals surface area contributed by atoms with E-state index in [4.69, 9.17) is 20.4 Å². The Morgan fingerprint density at radius 2 is 1.67 bits per heavy atom. The fourth-order valence-corrected chi connectivity index (χ4v) is 7.73. The van der Waals surface area contributed by atoms with E-state index in [1.54, 1.807) is 40.7 Å². The second-order valence-corrected chi connectivity index (χ2v) is 14.7. The highest BCUT2D eigenvalue weighted by atomic mass is 32.2. The van der Waals surface area contributed by atoms with Crippen LogP contribution in [0.4, 0.5) is 11.9 Å². The number of fused-ring (bicyclic) bond motifs is 2. The van der Waals surface area contributed by atoms with Crippen molar-refractivity contribution in [1.29, 1.82) is 0 Å². The van der Waals surface area contributed by atoms with E-state index in [9.17, 15) is 14.4 Å².